The molecule has 3 atom stereocenters. The normalized spacial score (nSPS) is 24.9. The summed E-state index contributed by atoms with van der Waals surface area (Å²) in [6.07, 6.45) is 4.25. The highest BCUT2D eigenvalue weighted by atomic mass is 32.2. The average molecular weight is 282 g/mol. The molecule has 0 amide bonds. The first-order chi connectivity index (χ1) is 9.13. The zero-order valence-electron chi connectivity index (χ0n) is 10.9. The first-order valence-corrected chi connectivity index (χ1v) is 7.67. The zero-order chi connectivity index (χ0) is 13.8. The minimum absolute atomic E-state index is 0.0366. The number of benzene rings is 1. The summed E-state index contributed by atoms with van der Waals surface area (Å²) in [6, 6.07) is 6.32. The molecule has 1 aromatic rings. The second-order valence-corrected chi connectivity index (χ2v) is 6.44. The van der Waals surface area contributed by atoms with E-state index >= 15 is 0 Å². The number of nitro benzene ring substituents is 1. The Labute approximate surface area is 115 Å². The lowest BCUT2D eigenvalue weighted by Gasteiger charge is -2.30. The fourth-order valence-corrected chi connectivity index (χ4v) is 4.27. The van der Waals surface area contributed by atoms with Crippen molar-refractivity contribution in [3.8, 4) is 0 Å². The molecule has 1 saturated carbocycles. The molecule has 0 heterocycles. The van der Waals surface area contributed by atoms with Gasteiger partial charge in [-0.1, -0.05) is 12.8 Å². The third-order valence-electron chi connectivity index (χ3n) is 3.63. The van der Waals surface area contributed by atoms with E-state index in [-0.39, 0.29) is 17.0 Å². The number of non-ortho nitro benzene ring substituents is 1. The van der Waals surface area contributed by atoms with Crippen LogP contribution in [0.5, 0.6) is 0 Å². The van der Waals surface area contributed by atoms with E-state index in [0.717, 1.165) is 19.3 Å². The van der Waals surface area contributed by atoms with Gasteiger partial charge in [-0.2, -0.15) is 0 Å². The van der Waals surface area contributed by atoms with E-state index in [9.17, 15) is 14.3 Å². The molecule has 19 heavy (non-hydrogen) atoms. The molecule has 0 aromatic heterocycles. The number of nitro groups is 1. The number of nitrogens with zero attached hydrogens (tertiary/aromatic N) is 1. The lowest BCUT2D eigenvalue weighted by molar-refractivity contribution is -0.384. The van der Waals surface area contributed by atoms with Crippen molar-refractivity contribution in [2.45, 2.75) is 41.9 Å². The first kappa shape index (κ1) is 14.1. The van der Waals surface area contributed by atoms with Gasteiger partial charge >= 0.3 is 0 Å². The van der Waals surface area contributed by atoms with E-state index in [1.807, 2.05) is 7.05 Å². The van der Waals surface area contributed by atoms with Crippen LogP contribution >= 0.6 is 0 Å². The maximum Gasteiger partial charge on any atom is 0.269 e. The Morgan fingerprint density at radius 2 is 1.89 bits per heavy atom. The van der Waals surface area contributed by atoms with E-state index < -0.39 is 15.7 Å². The largest absolute Gasteiger partial charge is 0.316 e. The minimum atomic E-state index is -1.11. The van der Waals surface area contributed by atoms with Crippen molar-refractivity contribution < 1.29 is 9.13 Å². The summed E-state index contributed by atoms with van der Waals surface area (Å²) in [5, 5.41) is 13.9. The number of hydrogen-bond donors (Lipinski definition) is 1. The molecular formula is C13H18N2O3S. The van der Waals surface area contributed by atoms with Gasteiger partial charge in [-0.25, -0.2) is 0 Å². The molecule has 0 spiro atoms. The Bertz CT molecular complexity index is 475. The molecular weight excluding hydrogens is 264 g/mol. The van der Waals surface area contributed by atoms with E-state index in [0.29, 0.717) is 4.90 Å². The van der Waals surface area contributed by atoms with Crippen LogP contribution in [0.15, 0.2) is 29.2 Å². The van der Waals surface area contributed by atoms with Crippen molar-refractivity contribution in [3.63, 3.8) is 0 Å². The molecule has 1 N–H and O–H groups in total. The molecule has 1 aliphatic carbocycles. The zero-order valence-corrected chi connectivity index (χ0v) is 11.7. The molecule has 0 bridgehead atoms. The third-order valence-corrected chi connectivity index (χ3v) is 5.48. The number of rotatable bonds is 4. The van der Waals surface area contributed by atoms with Crippen LogP contribution in [-0.2, 0) is 10.8 Å². The van der Waals surface area contributed by atoms with Gasteiger partial charge in [0, 0.05) is 23.1 Å². The van der Waals surface area contributed by atoms with Gasteiger partial charge in [0.05, 0.1) is 21.0 Å². The molecule has 0 saturated heterocycles. The van der Waals surface area contributed by atoms with Crippen molar-refractivity contribution in [1.82, 2.24) is 5.32 Å². The molecule has 104 valence electrons. The van der Waals surface area contributed by atoms with Crippen LogP contribution in [0.3, 0.4) is 0 Å². The summed E-state index contributed by atoms with van der Waals surface area (Å²) in [5.74, 6) is 0. The van der Waals surface area contributed by atoms with Gasteiger partial charge in [-0.3, -0.25) is 14.3 Å². The monoisotopic (exact) mass is 282 g/mol. The first-order valence-electron chi connectivity index (χ1n) is 6.46. The van der Waals surface area contributed by atoms with Gasteiger partial charge in [-0.05, 0) is 32.0 Å². The smallest absolute Gasteiger partial charge is 0.269 e. The molecule has 2 rings (SSSR count). The summed E-state index contributed by atoms with van der Waals surface area (Å²) >= 11 is 0. The Morgan fingerprint density at radius 1 is 1.26 bits per heavy atom. The summed E-state index contributed by atoms with van der Waals surface area (Å²) in [5.41, 5.74) is 0.0366. The Balaban J connectivity index is 2.16. The van der Waals surface area contributed by atoms with Gasteiger partial charge < -0.3 is 5.32 Å². The summed E-state index contributed by atoms with van der Waals surface area (Å²) in [7, 11) is 0.792. The van der Waals surface area contributed by atoms with Crippen molar-refractivity contribution in [3.05, 3.63) is 34.4 Å². The van der Waals surface area contributed by atoms with Crippen molar-refractivity contribution >= 4 is 16.5 Å². The summed E-state index contributed by atoms with van der Waals surface area (Å²) < 4.78 is 12.6. The fourth-order valence-electron chi connectivity index (χ4n) is 2.56. The molecule has 6 heteroatoms. The quantitative estimate of drug-likeness (QED) is 0.679. The van der Waals surface area contributed by atoms with Gasteiger partial charge in [0.1, 0.15) is 0 Å². The van der Waals surface area contributed by atoms with E-state index in [1.165, 1.54) is 18.6 Å². The summed E-state index contributed by atoms with van der Waals surface area (Å²) in [6.45, 7) is 0. The van der Waals surface area contributed by atoms with Crippen LogP contribution in [0, 0.1) is 10.1 Å². The fraction of sp³-hybridized carbons (Fsp3) is 0.538. The average Bonchev–Trinajstić information content (AvgIpc) is 2.46. The number of hydrogen-bond acceptors (Lipinski definition) is 4. The van der Waals surface area contributed by atoms with Gasteiger partial charge in [0.15, 0.2) is 0 Å². The Kier molecular flexibility index (Phi) is 4.66. The summed E-state index contributed by atoms with van der Waals surface area (Å²) in [4.78, 5) is 10.8. The predicted octanol–water partition coefficient (Wildman–Crippen LogP) is 2.23. The second kappa shape index (κ2) is 6.25. The highest BCUT2D eigenvalue weighted by Gasteiger charge is 2.29. The highest BCUT2D eigenvalue weighted by molar-refractivity contribution is 7.85. The Morgan fingerprint density at radius 3 is 2.47 bits per heavy atom. The van der Waals surface area contributed by atoms with Gasteiger partial charge in [0.25, 0.3) is 5.69 Å². The number of nitrogens with one attached hydrogen (secondary N) is 1. The van der Waals surface area contributed by atoms with E-state index in [4.69, 9.17) is 0 Å². The Hall–Kier alpha value is -1.27. The predicted molar refractivity (Wildman–Crippen MR) is 74.6 cm³/mol. The highest BCUT2D eigenvalue weighted by Crippen LogP contribution is 2.27. The van der Waals surface area contributed by atoms with Crippen LogP contribution in [0.25, 0.3) is 0 Å². The minimum Gasteiger partial charge on any atom is -0.316 e. The van der Waals surface area contributed by atoms with Crippen LogP contribution in [-0.4, -0.2) is 27.5 Å². The van der Waals surface area contributed by atoms with Crippen molar-refractivity contribution in [2.75, 3.05) is 7.05 Å². The molecule has 1 fully saturated rings. The van der Waals surface area contributed by atoms with Gasteiger partial charge in [-0.15, -0.1) is 0 Å². The molecule has 5 nitrogen and oxygen atoms in total. The van der Waals surface area contributed by atoms with E-state index in [2.05, 4.69) is 5.32 Å². The maximum atomic E-state index is 12.6. The second-order valence-electron chi connectivity index (χ2n) is 4.77. The standard InChI is InChI=1S/C13H18N2O3S/c1-14-12-4-2-3-5-13(12)19(18)11-8-6-10(7-9-11)15(16)17/h6-9,12-14H,2-5H2,1H3. The lowest BCUT2D eigenvalue weighted by atomic mass is 9.95. The van der Waals surface area contributed by atoms with Crippen LogP contribution in [0.2, 0.25) is 0 Å². The van der Waals surface area contributed by atoms with Crippen molar-refractivity contribution in [2.24, 2.45) is 0 Å². The van der Waals surface area contributed by atoms with Crippen molar-refractivity contribution in [1.29, 1.82) is 0 Å². The maximum absolute atomic E-state index is 12.6. The topological polar surface area (TPSA) is 72.2 Å². The lowest BCUT2D eigenvalue weighted by Crippen LogP contribution is -2.42. The van der Waals surface area contributed by atoms with Crippen LogP contribution in [0.4, 0.5) is 5.69 Å². The molecule has 3 unspecified atom stereocenters. The SMILES string of the molecule is CNC1CCCCC1S(=O)c1ccc([N+](=O)[O-])cc1. The molecule has 0 radical (unpaired) electrons. The van der Waals surface area contributed by atoms with Crippen LogP contribution < -0.4 is 5.32 Å². The van der Waals surface area contributed by atoms with E-state index in [1.54, 1.807) is 12.1 Å². The molecule has 1 aliphatic rings. The molecule has 1 aromatic carbocycles. The van der Waals surface area contributed by atoms with Gasteiger partial charge in [0.2, 0.25) is 0 Å². The molecule has 0 aliphatic heterocycles. The van der Waals surface area contributed by atoms with Crippen LogP contribution in [0.1, 0.15) is 25.7 Å². The third kappa shape index (κ3) is 3.19.